The number of pyridine rings is 1. The Labute approximate surface area is 320 Å². The monoisotopic (exact) mass is 704 g/mol. The van der Waals surface area contributed by atoms with Gasteiger partial charge in [0.15, 0.2) is 5.78 Å². The number of benzene rings is 7. The predicted molar refractivity (Wildman–Crippen MR) is 223 cm³/mol. The van der Waals surface area contributed by atoms with E-state index in [1.165, 1.54) is 27.8 Å². The minimum Gasteiger partial charge on any atom is -0.309 e. The third kappa shape index (κ3) is 4.76. The minimum atomic E-state index is -0.708. The molecule has 0 saturated heterocycles. The number of rotatable bonds is 3. The lowest BCUT2D eigenvalue weighted by molar-refractivity contribution is 0.0993. The van der Waals surface area contributed by atoms with Crippen LogP contribution in [0.2, 0.25) is 0 Å². The molecule has 1 spiro atoms. The lowest BCUT2D eigenvalue weighted by Gasteiger charge is -2.39. The first kappa shape index (κ1) is 31.7. The van der Waals surface area contributed by atoms with Crippen LogP contribution in [0.1, 0.15) is 49.3 Å². The van der Waals surface area contributed by atoms with Crippen molar-refractivity contribution in [3.05, 3.63) is 226 Å². The molecule has 0 fully saturated rings. The maximum atomic E-state index is 14.8. The largest absolute Gasteiger partial charge is 0.309 e. The van der Waals surface area contributed by atoms with Crippen LogP contribution in [0.25, 0.3) is 50.0 Å². The summed E-state index contributed by atoms with van der Waals surface area (Å²) >= 11 is 0. The van der Waals surface area contributed by atoms with E-state index in [1.807, 2.05) is 12.1 Å². The maximum Gasteiger partial charge on any atom is 0.167 e. The summed E-state index contributed by atoms with van der Waals surface area (Å²) in [6.45, 7) is 0. The van der Waals surface area contributed by atoms with Gasteiger partial charge in [-0.05, 0) is 82.1 Å². The van der Waals surface area contributed by atoms with E-state index in [-0.39, 0.29) is 5.78 Å². The summed E-state index contributed by atoms with van der Waals surface area (Å²) in [5, 5.41) is 2.18. The zero-order valence-corrected chi connectivity index (χ0v) is 30.2. The molecule has 3 nitrogen and oxygen atoms in total. The van der Waals surface area contributed by atoms with Crippen molar-refractivity contribution >= 4 is 27.6 Å². The van der Waals surface area contributed by atoms with Gasteiger partial charge in [-0.15, -0.1) is 0 Å². The van der Waals surface area contributed by atoms with E-state index in [1.54, 1.807) is 0 Å². The molecule has 11 rings (SSSR count). The summed E-state index contributed by atoms with van der Waals surface area (Å²) in [6, 6.07) is 65.0. The van der Waals surface area contributed by atoms with Gasteiger partial charge >= 0.3 is 0 Å². The molecule has 2 aliphatic rings. The minimum absolute atomic E-state index is 0.152. The predicted octanol–water partition coefficient (Wildman–Crippen LogP) is 11.7. The Kier molecular flexibility index (Phi) is 7.12. The molecule has 7 aromatic carbocycles. The summed E-state index contributed by atoms with van der Waals surface area (Å²) in [6.07, 6.45) is 2.22. The first-order valence-corrected chi connectivity index (χ1v) is 19.2. The molecule has 2 aromatic heterocycles. The van der Waals surface area contributed by atoms with E-state index >= 15 is 0 Å². The number of para-hydroxylation sites is 1. The molecule has 0 atom stereocenters. The van der Waals surface area contributed by atoms with Gasteiger partial charge in [0.1, 0.15) is 0 Å². The van der Waals surface area contributed by atoms with E-state index in [4.69, 9.17) is 4.98 Å². The van der Waals surface area contributed by atoms with Crippen molar-refractivity contribution in [1.29, 1.82) is 0 Å². The van der Waals surface area contributed by atoms with Crippen LogP contribution in [0.5, 0.6) is 0 Å². The van der Waals surface area contributed by atoms with Crippen LogP contribution in [-0.2, 0) is 24.7 Å². The fourth-order valence-electron chi connectivity index (χ4n) is 9.65. The Balaban J connectivity index is 1.30. The van der Waals surface area contributed by atoms with Gasteiger partial charge in [0.05, 0.1) is 33.5 Å². The highest BCUT2D eigenvalue weighted by Crippen LogP contribution is 2.54. The second kappa shape index (κ2) is 12.4. The number of aryl methyl sites for hydroxylation is 2. The van der Waals surface area contributed by atoms with Crippen LogP contribution in [0.4, 0.5) is 0 Å². The van der Waals surface area contributed by atoms with E-state index < -0.39 is 5.41 Å². The molecule has 0 saturated carbocycles. The van der Waals surface area contributed by atoms with Crippen LogP contribution >= 0.6 is 0 Å². The SMILES string of the molecule is O=C1Cc2ccccc2C2(c3ccccc3CCc3ccccc32)c2cc3c(cc21)c1ccccc1n3-c1cc(-c2ccccc2)nc(-c2ccccc2)c1. The van der Waals surface area contributed by atoms with Gasteiger partial charge in [-0.2, -0.15) is 0 Å². The molecule has 0 bridgehead atoms. The van der Waals surface area contributed by atoms with Crippen molar-refractivity contribution in [2.24, 2.45) is 0 Å². The fourth-order valence-corrected chi connectivity index (χ4v) is 9.65. The molecule has 9 aromatic rings. The standard InChI is InChI=1S/C52H36N2O/c55-51-29-38-21-9-13-25-45(38)52(43-23-11-7-15-34(43)27-28-35-16-8-12-24-44(35)52)46-33-50-41(32-42(46)51)40-22-10-14-26-49(40)54(50)39-30-47(36-17-3-1-4-18-36)53-48(31-39)37-19-5-2-6-20-37/h1-26,30-33H,27-29H2. The van der Waals surface area contributed by atoms with E-state index in [9.17, 15) is 4.79 Å². The Morgan fingerprint density at radius 1 is 0.455 bits per heavy atom. The molecule has 55 heavy (non-hydrogen) atoms. The average molecular weight is 705 g/mol. The number of carbonyl (C=O) groups is 1. The highest BCUT2D eigenvalue weighted by molar-refractivity contribution is 6.14. The first-order valence-electron chi connectivity index (χ1n) is 19.2. The molecule has 0 aliphatic heterocycles. The number of ketones is 1. The van der Waals surface area contributed by atoms with E-state index in [0.29, 0.717) is 6.42 Å². The van der Waals surface area contributed by atoms with Crippen LogP contribution in [0.15, 0.2) is 182 Å². The number of Topliss-reactive ketones (excluding diaryl/α,β-unsaturated/α-hetero) is 1. The quantitative estimate of drug-likeness (QED) is 0.183. The molecule has 0 radical (unpaired) electrons. The zero-order chi connectivity index (χ0) is 36.5. The molecule has 0 unspecified atom stereocenters. The zero-order valence-electron chi connectivity index (χ0n) is 30.2. The summed E-state index contributed by atoms with van der Waals surface area (Å²) in [5.41, 5.74) is 15.7. The van der Waals surface area contributed by atoms with Gasteiger partial charge in [0, 0.05) is 33.9 Å². The van der Waals surface area contributed by atoms with Gasteiger partial charge in [-0.3, -0.25) is 4.79 Å². The molecule has 260 valence electrons. The molecular weight excluding hydrogens is 669 g/mol. The second-order valence-corrected chi connectivity index (χ2v) is 14.9. The van der Waals surface area contributed by atoms with Crippen molar-refractivity contribution in [2.75, 3.05) is 0 Å². The molecule has 2 heterocycles. The van der Waals surface area contributed by atoms with Crippen LogP contribution in [-0.4, -0.2) is 15.3 Å². The third-order valence-electron chi connectivity index (χ3n) is 12.0. The number of hydrogen-bond donors (Lipinski definition) is 0. The summed E-state index contributed by atoms with van der Waals surface area (Å²) in [7, 11) is 0. The number of fused-ring (bicyclic) bond motifs is 11. The van der Waals surface area contributed by atoms with Crippen molar-refractivity contribution in [3.8, 4) is 28.2 Å². The van der Waals surface area contributed by atoms with Gasteiger partial charge in [0.2, 0.25) is 0 Å². The van der Waals surface area contributed by atoms with Crippen LogP contribution in [0, 0.1) is 0 Å². The summed E-state index contributed by atoms with van der Waals surface area (Å²) in [4.78, 5) is 20.1. The average Bonchev–Trinajstić information content (AvgIpc) is 3.43. The highest BCUT2D eigenvalue weighted by Gasteiger charge is 2.47. The van der Waals surface area contributed by atoms with Gasteiger partial charge in [-0.1, -0.05) is 152 Å². The molecule has 3 heteroatoms. The highest BCUT2D eigenvalue weighted by atomic mass is 16.1. The van der Waals surface area contributed by atoms with Gasteiger partial charge in [-0.25, -0.2) is 4.98 Å². The lowest BCUT2D eigenvalue weighted by atomic mass is 9.62. The molecule has 2 aliphatic carbocycles. The fraction of sp³-hybridized carbons (Fsp3) is 0.0769. The Bertz CT molecular complexity index is 2870. The van der Waals surface area contributed by atoms with Crippen LogP contribution in [0.3, 0.4) is 0 Å². The summed E-state index contributed by atoms with van der Waals surface area (Å²) < 4.78 is 2.40. The Morgan fingerprint density at radius 3 is 1.58 bits per heavy atom. The van der Waals surface area contributed by atoms with Crippen molar-refractivity contribution < 1.29 is 4.79 Å². The number of carbonyl (C=O) groups excluding carboxylic acids is 1. The number of nitrogens with zero attached hydrogens (tertiary/aromatic N) is 2. The van der Waals surface area contributed by atoms with Gasteiger partial charge in [0.25, 0.3) is 0 Å². The van der Waals surface area contributed by atoms with Crippen molar-refractivity contribution in [3.63, 3.8) is 0 Å². The van der Waals surface area contributed by atoms with Crippen molar-refractivity contribution in [2.45, 2.75) is 24.7 Å². The Hall–Kier alpha value is -6.84. The Morgan fingerprint density at radius 2 is 0.964 bits per heavy atom. The second-order valence-electron chi connectivity index (χ2n) is 14.9. The molecule has 0 N–H and O–H groups in total. The van der Waals surface area contributed by atoms with Gasteiger partial charge < -0.3 is 4.57 Å². The first-order chi connectivity index (χ1) is 27.2. The molecular formula is C52H36N2O. The smallest absolute Gasteiger partial charge is 0.167 e. The topological polar surface area (TPSA) is 34.9 Å². The van der Waals surface area contributed by atoms with Crippen molar-refractivity contribution in [1.82, 2.24) is 9.55 Å². The van der Waals surface area contributed by atoms with Crippen LogP contribution < -0.4 is 0 Å². The number of hydrogen-bond acceptors (Lipinski definition) is 2. The maximum absolute atomic E-state index is 14.8. The number of aromatic nitrogens is 2. The molecule has 0 amide bonds. The van der Waals surface area contributed by atoms with E-state index in [0.717, 1.165) is 79.5 Å². The third-order valence-corrected chi connectivity index (χ3v) is 12.0. The summed E-state index contributed by atoms with van der Waals surface area (Å²) in [5.74, 6) is 0.152. The van der Waals surface area contributed by atoms with E-state index in [2.05, 4.69) is 174 Å². The normalized spacial score (nSPS) is 14.1. The lowest BCUT2D eigenvalue weighted by Crippen LogP contribution is -2.33.